The zero-order valence-electron chi connectivity index (χ0n) is 12.5. The van der Waals surface area contributed by atoms with E-state index in [4.69, 9.17) is 23.7 Å². The van der Waals surface area contributed by atoms with Gasteiger partial charge in [0.1, 0.15) is 6.10 Å². The summed E-state index contributed by atoms with van der Waals surface area (Å²) in [6.45, 7) is 7.79. The third-order valence-corrected chi connectivity index (χ3v) is 3.51. The zero-order chi connectivity index (χ0) is 15.3. The van der Waals surface area contributed by atoms with Gasteiger partial charge in [0, 0.05) is 13.8 Å². The summed E-state index contributed by atoms with van der Waals surface area (Å²) in [4.78, 5) is 23.3. The van der Waals surface area contributed by atoms with Crippen LogP contribution in [-0.4, -0.2) is 48.4 Å². The van der Waals surface area contributed by atoms with Gasteiger partial charge >= 0.3 is 11.9 Å². The predicted octanol–water partition coefficient (Wildman–Crippen LogP) is 0.748. The van der Waals surface area contributed by atoms with Gasteiger partial charge in [-0.05, 0) is 20.8 Å². The molecule has 2 aliphatic rings. The number of hydrogen-bond donors (Lipinski definition) is 0. The van der Waals surface area contributed by atoms with Crippen LogP contribution in [0, 0.1) is 0 Å². The van der Waals surface area contributed by atoms with Crippen molar-refractivity contribution >= 4 is 11.9 Å². The van der Waals surface area contributed by atoms with Crippen molar-refractivity contribution in [2.75, 3.05) is 7.11 Å². The van der Waals surface area contributed by atoms with Crippen LogP contribution in [0.25, 0.3) is 0 Å². The highest BCUT2D eigenvalue weighted by molar-refractivity contribution is 5.81. The highest BCUT2D eigenvalue weighted by Gasteiger charge is 2.70. The lowest BCUT2D eigenvalue weighted by molar-refractivity contribution is -0.290. The Morgan fingerprint density at radius 2 is 1.60 bits per heavy atom. The predicted molar refractivity (Wildman–Crippen MR) is 65.5 cm³/mol. The normalized spacial score (nSPS) is 42.1. The van der Waals surface area contributed by atoms with E-state index < -0.39 is 41.3 Å². The fraction of sp³-hybridized carbons (Fsp3) is 0.846. The summed E-state index contributed by atoms with van der Waals surface area (Å²) in [5, 5.41) is 0. The molecule has 114 valence electrons. The molecule has 2 aliphatic heterocycles. The van der Waals surface area contributed by atoms with E-state index >= 15 is 0 Å². The van der Waals surface area contributed by atoms with E-state index in [0.717, 1.165) is 0 Å². The molecule has 0 aromatic rings. The van der Waals surface area contributed by atoms with Crippen LogP contribution >= 0.6 is 0 Å². The lowest BCUT2D eigenvalue weighted by Crippen LogP contribution is -2.48. The smallest absolute Gasteiger partial charge is 0.340 e. The van der Waals surface area contributed by atoms with E-state index in [1.54, 1.807) is 20.8 Å². The van der Waals surface area contributed by atoms with Crippen LogP contribution in [0.15, 0.2) is 0 Å². The lowest BCUT2D eigenvalue weighted by atomic mass is 9.96. The Hall–Kier alpha value is -1.18. The Kier molecular flexibility index (Phi) is 3.35. The lowest BCUT2D eigenvalue weighted by Gasteiger charge is -2.33. The molecule has 0 amide bonds. The molecule has 0 saturated carbocycles. The Balaban J connectivity index is 2.40. The molecule has 7 heteroatoms. The maximum Gasteiger partial charge on any atom is 0.340 e. The Labute approximate surface area is 117 Å². The Bertz CT molecular complexity index is 446. The molecule has 0 spiro atoms. The van der Waals surface area contributed by atoms with Crippen LogP contribution in [0.1, 0.15) is 34.6 Å². The molecule has 0 aromatic carbocycles. The van der Waals surface area contributed by atoms with Crippen molar-refractivity contribution in [3.8, 4) is 0 Å². The van der Waals surface area contributed by atoms with Gasteiger partial charge in [0.15, 0.2) is 17.5 Å². The summed E-state index contributed by atoms with van der Waals surface area (Å²) in [5.74, 6) is -3.46. The van der Waals surface area contributed by atoms with Crippen LogP contribution in [0.4, 0.5) is 0 Å². The SMILES string of the molecule is COC(=O)[C@@]1(C)OC(C)(OC(C)=O)[C@@H]2OC(C)(C)O[C@@H]21. The van der Waals surface area contributed by atoms with Crippen molar-refractivity contribution in [2.24, 2.45) is 0 Å². The molecule has 4 atom stereocenters. The fourth-order valence-electron chi connectivity index (χ4n) is 2.81. The molecule has 2 heterocycles. The van der Waals surface area contributed by atoms with Gasteiger partial charge in [-0.3, -0.25) is 4.79 Å². The molecule has 2 saturated heterocycles. The molecule has 0 N–H and O–H groups in total. The number of rotatable bonds is 2. The third kappa shape index (κ3) is 2.19. The summed E-state index contributed by atoms with van der Waals surface area (Å²) in [6, 6.07) is 0. The second-order valence-electron chi connectivity index (χ2n) is 5.79. The number of ether oxygens (including phenoxy) is 5. The molecular weight excluding hydrogens is 268 g/mol. The first-order valence-electron chi connectivity index (χ1n) is 6.38. The summed E-state index contributed by atoms with van der Waals surface area (Å²) in [5.41, 5.74) is -1.41. The Morgan fingerprint density at radius 3 is 2.10 bits per heavy atom. The largest absolute Gasteiger partial charge is 0.467 e. The molecule has 0 aromatic heterocycles. The first-order chi connectivity index (χ1) is 9.04. The van der Waals surface area contributed by atoms with Crippen molar-refractivity contribution in [3.05, 3.63) is 0 Å². The molecule has 7 nitrogen and oxygen atoms in total. The van der Waals surface area contributed by atoms with Crippen LogP contribution < -0.4 is 0 Å². The summed E-state index contributed by atoms with van der Waals surface area (Å²) < 4.78 is 27.2. The number of carbonyl (C=O) groups is 2. The number of fused-ring (bicyclic) bond motifs is 1. The zero-order valence-corrected chi connectivity index (χ0v) is 12.5. The van der Waals surface area contributed by atoms with E-state index in [1.165, 1.54) is 21.0 Å². The van der Waals surface area contributed by atoms with E-state index in [0.29, 0.717) is 0 Å². The number of carbonyl (C=O) groups excluding carboxylic acids is 2. The van der Waals surface area contributed by atoms with Crippen molar-refractivity contribution in [2.45, 2.75) is 64.0 Å². The molecule has 1 unspecified atom stereocenters. The van der Waals surface area contributed by atoms with Crippen LogP contribution in [-0.2, 0) is 33.3 Å². The van der Waals surface area contributed by atoms with Crippen molar-refractivity contribution in [3.63, 3.8) is 0 Å². The highest BCUT2D eigenvalue weighted by atomic mass is 16.8. The molecular formula is C13H20O7. The molecule has 20 heavy (non-hydrogen) atoms. The monoisotopic (exact) mass is 288 g/mol. The molecule has 0 radical (unpaired) electrons. The van der Waals surface area contributed by atoms with Crippen molar-refractivity contribution < 1.29 is 33.3 Å². The Morgan fingerprint density at radius 1 is 1.05 bits per heavy atom. The topological polar surface area (TPSA) is 80.3 Å². The molecule has 0 bridgehead atoms. The average Bonchev–Trinajstić information content (AvgIpc) is 2.71. The quantitative estimate of drug-likeness (QED) is 0.693. The van der Waals surface area contributed by atoms with Gasteiger partial charge in [0.25, 0.3) is 0 Å². The highest BCUT2D eigenvalue weighted by Crippen LogP contribution is 2.49. The number of hydrogen-bond acceptors (Lipinski definition) is 7. The van der Waals surface area contributed by atoms with Crippen LogP contribution in [0.3, 0.4) is 0 Å². The maximum absolute atomic E-state index is 12.0. The minimum absolute atomic E-state index is 0.534. The molecule has 2 fully saturated rings. The third-order valence-electron chi connectivity index (χ3n) is 3.51. The van der Waals surface area contributed by atoms with E-state index in [9.17, 15) is 9.59 Å². The number of esters is 2. The minimum Gasteiger partial charge on any atom is -0.467 e. The standard InChI is InChI=1S/C13H20O7/c1-7(14)17-13(5)9-8(18-11(2,3)19-9)12(4,20-13)10(15)16-6/h8-9H,1-6H3/t8-,9+,12-,13?/m0/s1. The second kappa shape index (κ2) is 4.41. The number of methoxy groups -OCH3 is 1. The first kappa shape index (κ1) is 15.2. The molecule has 0 aliphatic carbocycles. The van der Waals surface area contributed by atoms with Gasteiger partial charge in [0.2, 0.25) is 5.79 Å². The van der Waals surface area contributed by atoms with E-state index in [-0.39, 0.29) is 0 Å². The van der Waals surface area contributed by atoms with Gasteiger partial charge in [-0.25, -0.2) is 4.79 Å². The van der Waals surface area contributed by atoms with E-state index in [1.807, 2.05) is 0 Å². The van der Waals surface area contributed by atoms with Gasteiger partial charge in [-0.15, -0.1) is 0 Å². The molecule has 2 rings (SSSR count). The van der Waals surface area contributed by atoms with Gasteiger partial charge < -0.3 is 23.7 Å². The summed E-state index contributed by atoms with van der Waals surface area (Å²) in [7, 11) is 1.26. The first-order valence-corrected chi connectivity index (χ1v) is 6.38. The summed E-state index contributed by atoms with van der Waals surface area (Å²) in [6.07, 6.45) is -1.44. The van der Waals surface area contributed by atoms with Crippen LogP contribution in [0.2, 0.25) is 0 Å². The van der Waals surface area contributed by atoms with Gasteiger partial charge in [0.05, 0.1) is 7.11 Å². The average molecular weight is 288 g/mol. The van der Waals surface area contributed by atoms with Crippen molar-refractivity contribution in [1.29, 1.82) is 0 Å². The van der Waals surface area contributed by atoms with Crippen molar-refractivity contribution in [1.82, 2.24) is 0 Å². The fourth-order valence-corrected chi connectivity index (χ4v) is 2.81. The summed E-state index contributed by atoms with van der Waals surface area (Å²) >= 11 is 0. The minimum atomic E-state index is -1.41. The maximum atomic E-state index is 12.0. The van der Waals surface area contributed by atoms with Gasteiger partial charge in [-0.1, -0.05) is 0 Å². The van der Waals surface area contributed by atoms with Crippen LogP contribution in [0.5, 0.6) is 0 Å². The second-order valence-corrected chi connectivity index (χ2v) is 5.79. The van der Waals surface area contributed by atoms with E-state index in [2.05, 4.69) is 0 Å². The van der Waals surface area contributed by atoms with Gasteiger partial charge in [-0.2, -0.15) is 0 Å².